The lowest BCUT2D eigenvalue weighted by atomic mass is 10.2. The fraction of sp³-hybridized carbons (Fsp3) is 0.500. The van der Waals surface area contributed by atoms with Crippen LogP contribution in [-0.2, 0) is 0 Å². The molecule has 0 aliphatic heterocycles. The summed E-state index contributed by atoms with van der Waals surface area (Å²) >= 11 is 0. The highest BCUT2D eigenvalue weighted by atomic mass is 15.4. The molecule has 0 unspecified atom stereocenters. The summed E-state index contributed by atoms with van der Waals surface area (Å²) in [5.74, 6) is 2.76. The Bertz CT molecular complexity index is 466. The van der Waals surface area contributed by atoms with Crippen LogP contribution in [0, 0.1) is 13.8 Å². The second kappa shape index (κ2) is 3.49. The van der Waals surface area contributed by atoms with E-state index in [1.165, 1.54) is 0 Å². The van der Waals surface area contributed by atoms with Gasteiger partial charge in [-0.1, -0.05) is 13.8 Å². The zero-order valence-electron chi connectivity index (χ0n) is 9.44. The minimum atomic E-state index is 0.334. The predicted octanol–water partition coefficient (Wildman–Crippen LogP) is 1.73. The van der Waals surface area contributed by atoms with Crippen LogP contribution in [0.1, 0.15) is 37.1 Å². The van der Waals surface area contributed by atoms with Gasteiger partial charge in [0.15, 0.2) is 5.82 Å². The molecule has 0 atom stereocenters. The van der Waals surface area contributed by atoms with Gasteiger partial charge >= 0.3 is 0 Å². The molecule has 5 nitrogen and oxygen atoms in total. The molecule has 0 aliphatic carbocycles. The Morgan fingerprint density at radius 3 is 2.53 bits per heavy atom. The first-order valence-corrected chi connectivity index (χ1v) is 5.03. The molecule has 0 aromatic carbocycles. The van der Waals surface area contributed by atoms with Gasteiger partial charge in [0.2, 0.25) is 5.95 Å². The van der Waals surface area contributed by atoms with Crippen LogP contribution in [-0.4, -0.2) is 24.7 Å². The Hall–Kier alpha value is -1.65. The van der Waals surface area contributed by atoms with Gasteiger partial charge in [-0.3, -0.25) is 0 Å². The first-order valence-electron chi connectivity index (χ1n) is 5.03. The van der Waals surface area contributed by atoms with Crippen molar-refractivity contribution in [3.8, 4) is 5.95 Å². The largest absolute Gasteiger partial charge is 0.327 e. The summed E-state index contributed by atoms with van der Waals surface area (Å²) in [6.45, 7) is 8.04. The van der Waals surface area contributed by atoms with Crippen LogP contribution in [0.3, 0.4) is 0 Å². The molecule has 0 fully saturated rings. The van der Waals surface area contributed by atoms with E-state index in [0.717, 1.165) is 23.3 Å². The minimum Gasteiger partial charge on any atom is -0.327 e. The van der Waals surface area contributed by atoms with E-state index in [1.54, 1.807) is 10.9 Å². The molecule has 0 saturated heterocycles. The highest BCUT2D eigenvalue weighted by Gasteiger charge is 2.12. The molecule has 0 bridgehead atoms. The lowest BCUT2D eigenvalue weighted by Crippen LogP contribution is -2.02. The zero-order chi connectivity index (χ0) is 11.0. The maximum Gasteiger partial charge on any atom is 0.229 e. The van der Waals surface area contributed by atoms with Gasteiger partial charge in [0.25, 0.3) is 0 Å². The van der Waals surface area contributed by atoms with Crippen molar-refractivity contribution in [3.05, 3.63) is 23.5 Å². The number of aromatic amines is 1. The molecule has 1 N–H and O–H groups in total. The number of H-pyrrole nitrogens is 1. The number of hydrogen-bond donors (Lipinski definition) is 1. The van der Waals surface area contributed by atoms with E-state index in [2.05, 4.69) is 33.9 Å². The molecule has 2 aromatic heterocycles. The van der Waals surface area contributed by atoms with Crippen LogP contribution in [0.2, 0.25) is 0 Å². The molecular formula is C10H15N5. The molecule has 0 aliphatic rings. The van der Waals surface area contributed by atoms with Crippen LogP contribution in [0.25, 0.3) is 5.95 Å². The van der Waals surface area contributed by atoms with E-state index < -0.39 is 0 Å². The second-order valence-electron chi connectivity index (χ2n) is 3.97. The number of aromatic nitrogens is 5. The maximum atomic E-state index is 4.40. The van der Waals surface area contributed by atoms with Gasteiger partial charge in [-0.05, 0) is 13.8 Å². The molecular weight excluding hydrogens is 190 g/mol. The summed E-state index contributed by atoms with van der Waals surface area (Å²) in [5.41, 5.74) is 1.02. The maximum absolute atomic E-state index is 4.40. The van der Waals surface area contributed by atoms with Gasteiger partial charge in [0.1, 0.15) is 5.82 Å². The second-order valence-corrected chi connectivity index (χ2v) is 3.97. The molecule has 5 heteroatoms. The number of nitrogens with one attached hydrogen (secondary N) is 1. The topological polar surface area (TPSA) is 59.4 Å². The molecule has 0 amide bonds. The molecule has 2 heterocycles. The van der Waals surface area contributed by atoms with Crippen molar-refractivity contribution in [1.82, 2.24) is 24.7 Å². The average Bonchev–Trinajstić information content (AvgIpc) is 2.71. The van der Waals surface area contributed by atoms with Crippen molar-refractivity contribution in [2.24, 2.45) is 0 Å². The predicted molar refractivity (Wildman–Crippen MR) is 57.1 cm³/mol. The fourth-order valence-electron chi connectivity index (χ4n) is 1.36. The summed E-state index contributed by atoms with van der Waals surface area (Å²) in [6.07, 6.45) is 1.78. The van der Waals surface area contributed by atoms with E-state index in [9.17, 15) is 0 Å². The average molecular weight is 205 g/mol. The standard InChI is InChI=1S/C10H15N5/c1-6(2)9-13-8(4)15(14-9)10-11-5-7(3)12-10/h5-6H,1-4H3,(H,11,12). The lowest BCUT2D eigenvalue weighted by molar-refractivity contribution is 0.734. The summed E-state index contributed by atoms with van der Waals surface area (Å²) < 4.78 is 1.74. The highest BCUT2D eigenvalue weighted by molar-refractivity contribution is 5.15. The smallest absolute Gasteiger partial charge is 0.229 e. The molecule has 15 heavy (non-hydrogen) atoms. The van der Waals surface area contributed by atoms with Crippen LogP contribution in [0.15, 0.2) is 6.20 Å². The Labute approximate surface area is 88.6 Å². The van der Waals surface area contributed by atoms with E-state index in [0.29, 0.717) is 5.92 Å². The quantitative estimate of drug-likeness (QED) is 0.812. The number of imidazole rings is 1. The van der Waals surface area contributed by atoms with Crippen molar-refractivity contribution < 1.29 is 0 Å². The van der Waals surface area contributed by atoms with Crippen LogP contribution >= 0.6 is 0 Å². The zero-order valence-corrected chi connectivity index (χ0v) is 9.44. The van der Waals surface area contributed by atoms with Gasteiger partial charge in [-0.2, -0.15) is 4.68 Å². The van der Waals surface area contributed by atoms with E-state index in [4.69, 9.17) is 0 Å². The number of rotatable bonds is 2. The minimum absolute atomic E-state index is 0.334. The van der Waals surface area contributed by atoms with Gasteiger partial charge in [-0.15, -0.1) is 5.10 Å². The number of hydrogen-bond acceptors (Lipinski definition) is 3. The Balaban J connectivity index is 2.44. The fourth-order valence-corrected chi connectivity index (χ4v) is 1.36. The summed E-state index contributed by atoms with van der Waals surface area (Å²) in [6, 6.07) is 0. The van der Waals surface area contributed by atoms with Crippen molar-refractivity contribution in [3.63, 3.8) is 0 Å². The Morgan fingerprint density at radius 2 is 2.07 bits per heavy atom. The van der Waals surface area contributed by atoms with Crippen LogP contribution in [0.5, 0.6) is 0 Å². The lowest BCUT2D eigenvalue weighted by Gasteiger charge is -1.97. The molecule has 0 spiro atoms. The van der Waals surface area contributed by atoms with Crippen molar-refractivity contribution in [2.45, 2.75) is 33.6 Å². The molecule has 80 valence electrons. The van der Waals surface area contributed by atoms with E-state index in [1.807, 2.05) is 13.8 Å². The third kappa shape index (κ3) is 1.77. The van der Waals surface area contributed by atoms with Gasteiger partial charge in [-0.25, -0.2) is 9.97 Å². The Morgan fingerprint density at radius 1 is 1.33 bits per heavy atom. The van der Waals surface area contributed by atoms with Crippen LogP contribution in [0.4, 0.5) is 0 Å². The third-order valence-corrected chi connectivity index (χ3v) is 2.19. The molecule has 0 radical (unpaired) electrons. The molecule has 2 aromatic rings. The van der Waals surface area contributed by atoms with Crippen molar-refractivity contribution >= 4 is 0 Å². The van der Waals surface area contributed by atoms with Gasteiger partial charge in [0.05, 0.1) is 0 Å². The molecule has 2 rings (SSSR count). The first kappa shape index (κ1) is 9.89. The van der Waals surface area contributed by atoms with Crippen LogP contribution < -0.4 is 0 Å². The monoisotopic (exact) mass is 205 g/mol. The number of nitrogens with zero attached hydrogens (tertiary/aromatic N) is 4. The van der Waals surface area contributed by atoms with Gasteiger partial charge in [0, 0.05) is 17.8 Å². The van der Waals surface area contributed by atoms with E-state index in [-0.39, 0.29) is 0 Å². The van der Waals surface area contributed by atoms with Crippen molar-refractivity contribution in [2.75, 3.05) is 0 Å². The summed E-state index contributed by atoms with van der Waals surface area (Å²) in [4.78, 5) is 11.7. The third-order valence-electron chi connectivity index (χ3n) is 2.19. The van der Waals surface area contributed by atoms with E-state index >= 15 is 0 Å². The molecule has 0 saturated carbocycles. The normalized spacial score (nSPS) is 11.3. The summed E-state index contributed by atoms with van der Waals surface area (Å²) in [7, 11) is 0. The summed E-state index contributed by atoms with van der Waals surface area (Å²) in [5, 5.41) is 4.40. The SMILES string of the molecule is Cc1cnc(-n2nc(C(C)C)nc2C)[nH]1. The van der Waals surface area contributed by atoms with Gasteiger partial charge < -0.3 is 4.98 Å². The van der Waals surface area contributed by atoms with Crippen molar-refractivity contribution in [1.29, 1.82) is 0 Å². The Kier molecular flexibility index (Phi) is 2.30. The first-order chi connectivity index (χ1) is 7.08. The highest BCUT2D eigenvalue weighted by Crippen LogP contribution is 2.12. The number of aryl methyl sites for hydroxylation is 2.